The molecule has 94 valence electrons. The molecular weight excluding hydrogens is 281 g/mol. The van der Waals surface area contributed by atoms with Gasteiger partial charge >= 0.3 is 112 Å². The van der Waals surface area contributed by atoms with Crippen molar-refractivity contribution in [2.75, 3.05) is 0 Å². The zero-order valence-corrected chi connectivity index (χ0v) is 13.4. The standard InChI is InChI=1S/C16H20GeO/c1-17(2,3)15-9-11-16(12-10-15)18-13-14-7-5-4-6-8-14/h4-12H,13H2,1-3H3. The first-order valence-electron chi connectivity index (χ1n) is 6.33. The summed E-state index contributed by atoms with van der Waals surface area (Å²) >= 11 is -1.69. The molecule has 0 unspecified atom stereocenters. The number of hydrogen-bond donors (Lipinski definition) is 0. The van der Waals surface area contributed by atoms with Crippen LogP contribution in [0.4, 0.5) is 0 Å². The summed E-state index contributed by atoms with van der Waals surface area (Å²) in [5.74, 6) is 8.16. The van der Waals surface area contributed by atoms with Crippen LogP contribution < -0.4 is 9.13 Å². The summed E-state index contributed by atoms with van der Waals surface area (Å²) in [4.78, 5) is 0. The average Bonchev–Trinajstić information content (AvgIpc) is 2.37. The van der Waals surface area contributed by atoms with E-state index in [0.717, 1.165) is 5.75 Å². The molecule has 1 nitrogen and oxygen atoms in total. The molecule has 0 heterocycles. The van der Waals surface area contributed by atoms with Crippen molar-refractivity contribution >= 4 is 17.7 Å². The number of ether oxygens (including phenoxy) is 1. The van der Waals surface area contributed by atoms with E-state index < -0.39 is 13.3 Å². The van der Waals surface area contributed by atoms with E-state index in [9.17, 15) is 0 Å². The van der Waals surface area contributed by atoms with Gasteiger partial charge in [-0.05, 0) is 0 Å². The minimum atomic E-state index is -1.69. The van der Waals surface area contributed by atoms with Gasteiger partial charge in [-0.15, -0.1) is 0 Å². The molecule has 0 saturated heterocycles. The van der Waals surface area contributed by atoms with Crippen LogP contribution in [0, 0.1) is 0 Å². The molecule has 0 spiro atoms. The number of benzene rings is 2. The van der Waals surface area contributed by atoms with E-state index in [2.05, 4.69) is 53.7 Å². The Morgan fingerprint density at radius 3 is 2.00 bits per heavy atom. The zero-order valence-electron chi connectivity index (χ0n) is 11.3. The van der Waals surface area contributed by atoms with Crippen molar-refractivity contribution in [3.8, 4) is 5.75 Å². The van der Waals surface area contributed by atoms with E-state index >= 15 is 0 Å². The van der Waals surface area contributed by atoms with Gasteiger partial charge in [-0.3, -0.25) is 0 Å². The first-order valence-corrected chi connectivity index (χ1v) is 13.7. The molecule has 0 aliphatic rings. The third-order valence-corrected chi connectivity index (χ3v) is 7.30. The Hall–Kier alpha value is -1.22. The van der Waals surface area contributed by atoms with E-state index in [1.807, 2.05) is 18.2 Å². The van der Waals surface area contributed by atoms with Gasteiger partial charge in [0.2, 0.25) is 0 Å². The summed E-state index contributed by atoms with van der Waals surface area (Å²) in [6.07, 6.45) is 0. The van der Waals surface area contributed by atoms with Gasteiger partial charge in [0, 0.05) is 0 Å². The fourth-order valence-corrected chi connectivity index (χ4v) is 4.24. The number of hydrogen-bond acceptors (Lipinski definition) is 1. The molecule has 0 atom stereocenters. The van der Waals surface area contributed by atoms with E-state index in [0.29, 0.717) is 6.61 Å². The molecule has 0 saturated carbocycles. The van der Waals surface area contributed by atoms with Gasteiger partial charge in [0.25, 0.3) is 0 Å². The van der Waals surface area contributed by atoms with E-state index in [1.54, 1.807) is 0 Å². The van der Waals surface area contributed by atoms with Crippen molar-refractivity contribution in [3.05, 3.63) is 60.2 Å². The van der Waals surface area contributed by atoms with Crippen molar-refractivity contribution in [2.24, 2.45) is 0 Å². The quantitative estimate of drug-likeness (QED) is 0.780. The Labute approximate surface area is 112 Å². The fourth-order valence-electron chi connectivity index (χ4n) is 1.79. The second-order valence-corrected chi connectivity index (χ2v) is 16.2. The third-order valence-electron chi connectivity index (χ3n) is 2.97. The second kappa shape index (κ2) is 5.62. The van der Waals surface area contributed by atoms with Crippen molar-refractivity contribution < 1.29 is 4.74 Å². The van der Waals surface area contributed by atoms with Gasteiger partial charge in [-0.2, -0.15) is 0 Å². The van der Waals surface area contributed by atoms with Crippen LogP contribution in [0.2, 0.25) is 17.3 Å². The molecule has 2 rings (SSSR count). The van der Waals surface area contributed by atoms with Gasteiger partial charge in [0.1, 0.15) is 0 Å². The van der Waals surface area contributed by atoms with Crippen LogP contribution in [0.25, 0.3) is 0 Å². The predicted octanol–water partition coefficient (Wildman–Crippen LogP) is 3.81. The summed E-state index contributed by atoms with van der Waals surface area (Å²) in [6.45, 7) is 0.636. The SMILES string of the molecule is [CH3][Ge]([CH3])([CH3])[c]1ccc(OCc2ccccc2)cc1. The molecule has 0 radical (unpaired) electrons. The van der Waals surface area contributed by atoms with Gasteiger partial charge in [0.05, 0.1) is 0 Å². The molecule has 0 bridgehead atoms. The van der Waals surface area contributed by atoms with Crippen LogP contribution in [-0.2, 0) is 6.61 Å². The van der Waals surface area contributed by atoms with Crippen molar-refractivity contribution in [1.82, 2.24) is 0 Å². The Morgan fingerprint density at radius 2 is 1.44 bits per heavy atom. The van der Waals surface area contributed by atoms with E-state index in [1.165, 1.54) is 9.96 Å². The van der Waals surface area contributed by atoms with Gasteiger partial charge in [-0.25, -0.2) is 0 Å². The van der Waals surface area contributed by atoms with Crippen LogP contribution in [0.5, 0.6) is 5.75 Å². The zero-order chi connectivity index (χ0) is 13.0. The maximum atomic E-state index is 5.78. The van der Waals surface area contributed by atoms with Crippen molar-refractivity contribution in [1.29, 1.82) is 0 Å². The normalized spacial score (nSPS) is 11.3. The topological polar surface area (TPSA) is 9.23 Å². The summed E-state index contributed by atoms with van der Waals surface area (Å²) in [6, 6.07) is 18.9. The van der Waals surface area contributed by atoms with Crippen LogP contribution in [0.1, 0.15) is 5.56 Å². The summed E-state index contributed by atoms with van der Waals surface area (Å²) in [7, 11) is 0. The predicted molar refractivity (Wildman–Crippen MR) is 80.2 cm³/mol. The molecule has 18 heavy (non-hydrogen) atoms. The van der Waals surface area contributed by atoms with E-state index in [-0.39, 0.29) is 0 Å². The summed E-state index contributed by atoms with van der Waals surface area (Å²) < 4.78 is 7.30. The monoisotopic (exact) mass is 302 g/mol. The first-order chi connectivity index (χ1) is 8.55. The molecule has 2 aromatic rings. The summed E-state index contributed by atoms with van der Waals surface area (Å²) in [5, 5.41) is 0. The average molecular weight is 301 g/mol. The fraction of sp³-hybridized carbons (Fsp3) is 0.250. The molecule has 0 aliphatic heterocycles. The molecule has 0 N–H and O–H groups in total. The van der Waals surface area contributed by atoms with Gasteiger partial charge in [-0.1, -0.05) is 0 Å². The van der Waals surface area contributed by atoms with E-state index in [4.69, 9.17) is 4.74 Å². The Bertz CT molecular complexity index is 483. The van der Waals surface area contributed by atoms with Crippen LogP contribution >= 0.6 is 0 Å². The van der Waals surface area contributed by atoms with Crippen molar-refractivity contribution in [3.63, 3.8) is 0 Å². The molecule has 0 aromatic heterocycles. The number of rotatable bonds is 4. The molecular formula is C16H20GeO. The molecule has 2 heteroatoms. The Balaban J connectivity index is 1.99. The van der Waals surface area contributed by atoms with Crippen LogP contribution in [0.3, 0.4) is 0 Å². The van der Waals surface area contributed by atoms with Gasteiger partial charge < -0.3 is 0 Å². The van der Waals surface area contributed by atoms with Crippen LogP contribution in [-0.4, -0.2) is 13.3 Å². The molecule has 2 aromatic carbocycles. The maximum absolute atomic E-state index is 5.78. The third kappa shape index (κ3) is 3.64. The Morgan fingerprint density at radius 1 is 0.833 bits per heavy atom. The van der Waals surface area contributed by atoms with Crippen LogP contribution in [0.15, 0.2) is 54.6 Å². The second-order valence-electron chi connectivity index (χ2n) is 5.55. The Kier molecular flexibility index (Phi) is 4.12. The molecule has 0 fully saturated rings. The van der Waals surface area contributed by atoms with Gasteiger partial charge in [0.15, 0.2) is 0 Å². The minimum absolute atomic E-state index is 0.636. The summed E-state index contributed by atoms with van der Waals surface area (Å²) in [5.41, 5.74) is 1.20. The first kappa shape index (κ1) is 13.2. The molecule has 0 aliphatic carbocycles. The van der Waals surface area contributed by atoms with Crippen molar-refractivity contribution in [2.45, 2.75) is 23.9 Å². The molecule has 0 amide bonds.